The molecule has 0 aliphatic heterocycles. The lowest BCUT2D eigenvalue weighted by Crippen LogP contribution is -2.57. The summed E-state index contributed by atoms with van der Waals surface area (Å²) in [5.41, 5.74) is -0.947. The average Bonchev–Trinajstić information content (AvgIpc) is 2.34. The monoisotopic (exact) mass is 326 g/mol. The van der Waals surface area contributed by atoms with Crippen molar-refractivity contribution in [1.29, 1.82) is 0 Å². The Labute approximate surface area is 141 Å². The lowest BCUT2D eigenvalue weighted by Gasteiger charge is -2.38. The fraction of sp³-hybridized carbons (Fsp3) is 0.833. The average molecular weight is 326 g/mol. The van der Waals surface area contributed by atoms with Gasteiger partial charge in [-0.05, 0) is 32.6 Å². The first kappa shape index (κ1) is 21.6. The zero-order valence-electron chi connectivity index (χ0n) is 16.2. The minimum atomic E-state index is -0.601. The zero-order chi connectivity index (χ0) is 18.6. The molecule has 0 aromatic carbocycles. The maximum Gasteiger partial charge on any atom is 0.243 e. The van der Waals surface area contributed by atoms with Gasteiger partial charge in [0.15, 0.2) is 0 Å². The summed E-state index contributed by atoms with van der Waals surface area (Å²) in [6, 6.07) is -0.601. The Hall–Kier alpha value is -1.39. The van der Waals surface area contributed by atoms with Gasteiger partial charge in [0.25, 0.3) is 0 Å². The van der Waals surface area contributed by atoms with Crippen LogP contribution in [0.2, 0.25) is 0 Å². The molecule has 0 heterocycles. The van der Waals surface area contributed by atoms with Crippen molar-refractivity contribution in [2.45, 2.75) is 73.4 Å². The molecule has 0 aromatic heterocycles. The number of hydrogen-bond donors (Lipinski definition) is 1. The molecular formula is C18H34N2O3. The summed E-state index contributed by atoms with van der Waals surface area (Å²) >= 11 is 0. The first-order valence-electron chi connectivity index (χ1n) is 8.25. The van der Waals surface area contributed by atoms with E-state index in [1.807, 2.05) is 55.4 Å². The van der Waals surface area contributed by atoms with Crippen LogP contribution in [-0.2, 0) is 14.4 Å². The Balaban J connectivity index is 5.57. The highest BCUT2D eigenvalue weighted by molar-refractivity contribution is 5.90. The fourth-order valence-corrected chi connectivity index (χ4v) is 2.54. The van der Waals surface area contributed by atoms with Crippen LogP contribution in [0.4, 0.5) is 0 Å². The summed E-state index contributed by atoms with van der Waals surface area (Å²) in [5.74, 6) is -0.378. The Morgan fingerprint density at radius 1 is 1.09 bits per heavy atom. The molecular weight excluding hydrogens is 292 g/mol. The van der Waals surface area contributed by atoms with Crippen LogP contribution in [0.25, 0.3) is 0 Å². The highest BCUT2D eigenvalue weighted by Gasteiger charge is 2.38. The molecule has 0 aliphatic carbocycles. The lowest BCUT2D eigenvalue weighted by atomic mass is 9.84. The van der Waals surface area contributed by atoms with E-state index in [4.69, 9.17) is 0 Å². The van der Waals surface area contributed by atoms with Crippen LogP contribution in [0.5, 0.6) is 0 Å². The predicted octanol–water partition coefficient (Wildman–Crippen LogP) is 2.64. The summed E-state index contributed by atoms with van der Waals surface area (Å²) in [6.07, 6.45) is 1.24. The van der Waals surface area contributed by atoms with Gasteiger partial charge in [-0.1, -0.05) is 34.6 Å². The van der Waals surface area contributed by atoms with E-state index in [-0.39, 0.29) is 29.2 Å². The second-order valence-electron chi connectivity index (χ2n) is 8.59. The van der Waals surface area contributed by atoms with E-state index in [2.05, 4.69) is 5.32 Å². The molecule has 0 aliphatic rings. The molecule has 0 aromatic rings. The molecule has 23 heavy (non-hydrogen) atoms. The topological polar surface area (TPSA) is 66.5 Å². The van der Waals surface area contributed by atoms with Crippen LogP contribution in [0, 0.1) is 17.3 Å². The van der Waals surface area contributed by atoms with E-state index < -0.39 is 11.5 Å². The largest absolute Gasteiger partial charge is 0.350 e. The van der Waals surface area contributed by atoms with Crippen molar-refractivity contribution < 1.29 is 14.4 Å². The van der Waals surface area contributed by atoms with Crippen LogP contribution < -0.4 is 5.32 Å². The van der Waals surface area contributed by atoms with Gasteiger partial charge in [-0.2, -0.15) is 0 Å². The van der Waals surface area contributed by atoms with Crippen LogP contribution in [0.15, 0.2) is 0 Å². The Morgan fingerprint density at radius 2 is 1.57 bits per heavy atom. The van der Waals surface area contributed by atoms with Gasteiger partial charge in [0.05, 0.1) is 0 Å². The Bertz CT molecular complexity index is 433. The maximum absolute atomic E-state index is 12.8. The number of nitrogens with one attached hydrogen (secondary N) is 1. The summed E-state index contributed by atoms with van der Waals surface area (Å²) in [7, 11) is 1.67. The third kappa shape index (κ3) is 6.71. The molecule has 134 valence electrons. The standard InChI is InChI=1S/C18H34N2O3/c1-12(10-11-21)13(2)14(15(22)19-18(6,7)8)20(9)16(23)17(3,4)5/h11-14H,10H2,1-9H3,(H,19,22)/t12-,13-,14+/m1/s1. The normalized spacial score (nSPS) is 16.2. The second kappa shape index (κ2) is 7.93. The van der Waals surface area contributed by atoms with Crippen molar-refractivity contribution in [3.05, 3.63) is 0 Å². The number of likely N-dealkylation sites (N-methyl/N-ethyl adjacent to an activating group) is 1. The number of rotatable bonds is 6. The summed E-state index contributed by atoms with van der Waals surface area (Å²) in [4.78, 5) is 37.8. The summed E-state index contributed by atoms with van der Waals surface area (Å²) in [6.45, 7) is 15.1. The summed E-state index contributed by atoms with van der Waals surface area (Å²) in [5, 5.41) is 2.96. The smallest absolute Gasteiger partial charge is 0.243 e. The van der Waals surface area contributed by atoms with E-state index in [1.54, 1.807) is 7.05 Å². The van der Waals surface area contributed by atoms with E-state index in [9.17, 15) is 14.4 Å². The van der Waals surface area contributed by atoms with Crippen molar-refractivity contribution in [3.63, 3.8) is 0 Å². The minimum absolute atomic E-state index is 0.0124. The molecule has 0 radical (unpaired) electrons. The molecule has 0 unspecified atom stereocenters. The second-order valence-corrected chi connectivity index (χ2v) is 8.59. The highest BCUT2D eigenvalue weighted by atomic mass is 16.2. The van der Waals surface area contributed by atoms with Gasteiger partial charge in [-0.15, -0.1) is 0 Å². The van der Waals surface area contributed by atoms with Gasteiger partial charge < -0.3 is 15.0 Å². The van der Waals surface area contributed by atoms with Crippen molar-refractivity contribution in [2.24, 2.45) is 17.3 Å². The molecule has 3 atom stereocenters. The van der Waals surface area contributed by atoms with Gasteiger partial charge in [0.2, 0.25) is 11.8 Å². The molecule has 0 bridgehead atoms. The van der Waals surface area contributed by atoms with Crippen molar-refractivity contribution in [3.8, 4) is 0 Å². The third-order valence-corrected chi connectivity index (χ3v) is 4.01. The molecule has 0 spiro atoms. The predicted molar refractivity (Wildman–Crippen MR) is 92.9 cm³/mol. The molecule has 0 fully saturated rings. The quantitative estimate of drug-likeness (QED) is 0.763. The number of carbonyl (C=O) groups is 3. The molecule has 0 rings (SSSR count). The zero-order valence-corrected chi connectivity index (χ0v) is 16.2. The van der Waals surface area contributed by atoms with E-state index in [0.29, 0.717) is 6.42 Å². The Kier molecular flexibility index (Phi) is 7.45. The SMILES string of the molecule is C[C@H]([C@H](C)CC=O)[C@@H](C(=O)NC(C)(C)C)N(C)C(=O)C(C)(C)C. The third-order valence-electron chi connectivity index (χ3n) is 4.01. The van der Waals surface area contributed by atoms with Gasteiger partial charge in [-0.25, -0.2) is 0 Å². The molecule has 5 nitrogen and oxygen atoms in total. The lowest BCUT2D eigenvalue weighted by molar-refractivity contribution is -0.148. The summed E-state index contributed by atoms with van der Waals surface area (Å²) < 4.78 is 0. The van der Waals surface area contributed by atoms with Crippen molar-refractivity contribution in [1.82, 2.24) is 10.2 Å². The minimum Gasteiger partial charge on any atom is -0.350 e. The van der Waals surface area contributed by atoms with Crippen molar-refractivity contribution in [2.75, 3.05) is 7.05 Å². The highest BCUT2D eigenvalue weighted by Crippen LogP contribution is 2.26. The van der Waals surface area contributed by atoms with Crippen LogP contribution in [0.3, 0.4) is 0 Å². The number of amides is 2. The number of carbonyl (C=O) groups excluding carboxylic acids is 3. The molecule has 0 saturated carbocycles. The fourth-order valence-electron chi connectivity index (χ4n) is 2.54. The first-order valence-corrected chi connectivity index (χ1v) is 8.25. The number of hydrogen-bond acceptors (Lipinski definition) is 3. The van der Waals surface area contributed by atoms with Gasteiger partial charge in [-0.3, -0.25) is 9.59 Å². The molecule has 2 amide bonds. The van der Waals surface area contributed by atoms with E-state index in [1.165, 1.54) is 4.90 Å². The van der Waals surface area contributed by atoms with Crippen LogP contribution >= 0.6 is 0 Å². The molecule has 1 N–H and O–H groups in total. The van der Waals surface area contributed by atoms with Crippen molar-refractivity contribution >= 4 is 18.1 Å². The van der Waals surface area contributed by atoms with E-state index >= 15 is 0 Å². The molecule has 5 heteroatoms. The van der Waals surface area contributed by atoms with E-state index in [0.717, 1.165) is 6.29 Å². The number of aldehydes is 1. The van der Waals surface area contributed by atoms with Crippen LogP contribution in [-0.4, -0.2) is 41.6 Å². The number of nitrogens with zero attached hydrogens (tertiary/aromatic N) is 1. The van der Waals surface area contributed by atoms with Gasteiger partial charge in [0, 0.05) is 24.4 Å². The maximum atomic E-state index is 12.8. The Morgan fingerprint density at radius 3 is 1.91 bits per heavy atom. The van der Waals surface area contributed by atoms with Crippen LogP contribution in [0.1, 0.15) is 61.8 Å². The molecule has 0 saturated heterocycles. The first-order chi connectivity index (χ1) is 10.2. The van der Waals surface area contributed by atoms with Gasteiger partial charge in [0.1, 0.15) is 12.3 Å². The van der Waals surface area contributed by atoms with Gasteiger partial charge >= 0.3 is 0 Å².